The second-order valence-corrected chi connectivity index (χ2v) is 2.26. The molecule has 0 fully saturated rings. The molecule has 0 saturated heterocycles. The van der Waals surface area contributed by atoms with Gasteiger partial charge in [0.15, 0.2) is 12.1 Å². The van der Waals surface area contributed by atoms with Crippen molar-refractivity contribution in [2.24, 2.45) is 4.99 Å². The Morgan fingerprint density at radius 2 is 2.56 bits per heavy atom. The summed E-state index contributed by atoms with van der Waals surface area (Å²) in [6, 6.07) is 0. The predicted octanol–water partition coefficient (Wildman–Crippen LogP) is -0.00230. The van der Waals surface area contributed by atoms with Gasteiger partial charge in [0.05, 0.1) is 5.88 Å². The molecule has 0 aromatic carbocycles. The fourth-order valence-electron chi connectivity index (χ4n) is 0.407. The smallest absolute Gasteiger partial charge is 0.286 e. The zero-order valence-electron chi connectivity index (χ0n) is 4.46. The van der Waals surface area contributed by atoms with Gasteiger partial charge in [-0.3, -0.25) is 19.9 Å². The van der Waals surface area contributed by atoms with E-state index in [1.54, 1.807) is 0 Å². The summed E-state index contributed by atoms with van der Waals surface area (Å²) in [4.78, 5) is 24.1. The molecule has 1 N–H and O–H groups in total. The monoisotopic (exact) mass is 144 g/mol. The lowest BCUT2D eigenvalue weighted by molar-refractivity contribution is -0.102. The number of aldehydes is 1. The quantitative estimate of drug-likeness (QED) is 0.527. The summed E-state index contributed by atoms with van der Waals surface area (Å²) < 4.78 is 0. The fraction of sp³-hybridized carbons (Fsp3) is 0.250. The van der Waals surface area contributed by atoms with Crippen LogP contribution in [0.3, 0.4) is 0 Å². The molecule has 0 bridgehead atoms. The zero-order valence-corrected chi connectivity index (χ0v) is 5.27. The molecule has 1 aliphatic heterocycles. The normalized spacial score (nSPS) is 18.2. The van der Waals surface area contributed by atoms with E-state index < -0.39 is 0 Å². The van der Waals surface area contributed by atoms with Crippen LogP contribution in [0.1, 0.15) is 0 Å². The fourth-order valence-corrected chi connectivity index (χ4v) is 0.905. The van der Waals surface area contributed by atoms with E-state index >= 15 is 0 Å². The van der Waals surface area contributed by atoms with Crippen LogP contribution in [-0.4, -0.2) is 23.2 Å². The number of nitrogens with zero attached hydrogens (tertiary/aromatic N) is 1. The molecular formula is C4H4N2O2S. The lowest BCUT2D eigenvalue weighted by Gasteiger charge is -2.05. The van der Waals surface area contributed by atoms with Gasteiger partial charge >= 0.3 is 0 Å². The van der Waals surface area contributed by atoms with Gasteiger partial charge in [-0.1, -0.05) is 0 Å². The van der Waals surface area contributed by atoms with Crippen molar-refractivity contribution < 1.29 is 9.59 Å². The largest absolute Gasteiger partial charge is 0.299 e. The number of carbonyl (C=O) groups is 2. The maximum atomic E-state index is 10.4. The molecule has 0 unspecified atom stereocenters. The lowest BCUT2D eigenvalue weighted by atomic mass is 10.6. The molecule has 4 nitrogen and oxygen atoms in total. The van der Waals surface area contributed by atoms with Crippen molar-refractivity contribution in [3.05, 3.63) is 0 Å². The Morgan fingerprint density at radius 1 is 1.78 bits per heavy atom. The Morgan fingerprint density at radius 3 is 3.00 bits per heavy atom. The third-order valence-electron chi connectivity index (χ3n) is 0.772. The number of hydrogen-bond acceptors (Lipinski definition) is 4. The SMILES string of the molecule is O=CC1=NCSC(=O)N1. The van der Waals surface area contributed by atoms with Gasteiger partial charge < -0.3 is 0 Å². The van der Waals surface area contributed by atoms with E-state index in [0.29, 0.717) is 12.2 Å². The minimum absolute atomic E-state index is 0.124. The third kappa shape index (κ3) is 1.53. The van der Waals surface area contributed by atoms with Gasteiger partial charge in [-0.25, -0.2) is 0 Å². The van der Waals surface area contributed by atoms with Gasteiger partial charge in [-0.15, -0.1) is 0 Å². The molecule has 48 valence electrons. The molecule has 0 radical (unpaired) electrons. The van der Waals surface area contributed by atoms with Gasteiger partial charge in [0, 0.05) is 0 Å². The Hall–Kier alpha value is -0.840. The van der Waals surface area contributed by atoms with E-state index in [9.17, 15) is 9.59 Å². The summed E-state index contributed by atoms with van der Waals surface area (Å²) in [6.07, 6.45) is 0.525. The van der Waals surface area contributed by atoms with Crippen LogP contribution in [0, 0.1) is 0 Å². The van der Waals surface area contributed by atoms with E-state index in [0.717, 1.165) is 11.8 Å². The molecule has 9 heavy (non-hydrogen) atoms. The average molecular weight is 144 g/mol. The highest BCUT2D eigenvalue weighted by molar-refractivity contribution is 8.13. The van der Waals surface area contributed by atoms with Crippen molar-refractivity contribution in [2.75, 3.05) is 5.88 Å². The summed E-state index contributed by atoms with van der Waals surface area (Å²) in [5, 5.41) is 2.06. The van der Waals surface area contributed by atoms with Gasteiger partial charge in [-0.05, 0) is 11.8 Å². The maximum Gasteiger partial charge on any atom is 0.286 e. The zero-order chi connectivity index (χ0) is 6.69. The Balaban J connectivity index is 2.63. The molecular weight excluding hydrogens is 140 g/mol. The van der Waals surface area contributed by atoms with Gasteiger partial charge in [-0.2, -0.15) is 0 Å². The first-order valence-corrected chi connectivity index (χ1v) is 3.25. The van der Waals surface area contributed by atoms with Crippen LogP contribution in [-0.2, 0) is 4.79 Å². The van der Waals surface area contributed by atoms with E-state index in [1.165, 1.54) is 0 Å². The molecule has 0 aliphatic carbocycles. The van der Waals surface area contributed by atoms with E-state index in [1.807, 2.05) is 0 Å². The first-order chi connectivity index (χ1) is 4.33. The van der Waals surface area contributed by atoms with Crippen molar-refractivity contribution in [1.29, 1.82) is 0 Å². The first kappa shape index (κ1) is 6.28. The second-order valence-electron chi connectivity index (χ2n) is 1.35. The van der Waals surface area contributed by atoms with Crippen LogP contribution in [0.4, 0.5) is 4.79 Å². The minimum atomic E-state index is -0.216. The Labute approximate surface area is 55.7 Å². The average Bonchev–Trinajstić information content (AvgIpc) is 1.88. The van der Waals surface area contributed by atoms with Crippen LogP contribution >= 0.6 is 11.8 Å². The highest BCUT2D eigenvalue weighted by Crippen LogP contribution is 2.04. The van der Waals surface area contributed by atoms with Gasteiger partial charge in [0.2, 0.25) is 0 Å². The maximum absolute atomic E-state index is 10.4. The molecule has 0 spiro atoms. The first-order valence-electron chi connectivity index (χ1n) is 2.26. The minimum Gasteiger partial charge on any atom is -0.299 e. The van der Waals surface area contributed by atoms with Crippen molar-refractivity contribution >= 4 is 29.1 Å². The molecule has 0 aromatic heterocycles. The molecule has 1 rings (SSSR count). The second kappa shape index (κ2) is 2.63. The van der Waals surface area contributed by atoms with Crippen molar-refractivity contribution in [2.45, 2.75) is 0 Å². The van der Waals surface area contributed by atoms with E-state index in [2.05, 4.69) is 10.3 Å². The standard InChI is InChI=1S/C4H4N2O2S/c7-1-3-5-2-9-4(8)6-3/h1H,2H2,(H,5,6,8). The summed E-state index contributed by atoms with van der Waals surface area (Å²) in [5.41, 5.74) is 0. The van der Waals surface area contributed by atoms with E-state index in [-0.39, 0.29) is 11.1 Å². The van der Waals surface area contributed by atoms with Crippen molar-refractivity contribution in [1.82, 2.24) is 5.32 Å². The molecule has 0 saturated carbocycles. The molecule has 0 aromatic rings. The van der Waals surface area contributed by atoms with Gasteiger partial charge in [0.1, 0.15) is 0 Å². The van der Waals surface area contributed by atoms with Crippen LogP contribution in [0.15, 0.2) is 4.99 Å². The molecule has 5 heteroatoms. The number of thioether (sulfide) groups is 1. The Kier molecular flexibility index (Phi) is 1.84. The predicted molar refractivity (Wildman–Crippen MR) is 34.5 cm³/mol. The van der Waals surface area contributed by atoms with Crippen LogP contribution in [0.5, 0.6) is 0 Å². The number of amides is 1. The summed E-state index contributed by atoms with van der Waals surface area (Å²) >= 11 is 1.04. The van der Waals surface area contributed by atoms with Crippen LogP contribution < -0.4 is 5.32 Å². The number of amidine groups is 1. The topological polar surface area (TPSA) is 58.5 Å². The summed E-state index contributed by atoms with van der Waals surface area (Å²) in [5.74, 6) is 0.471. The number of nitrogens with one attached hydrogen (secondary N) is 1. The van der Waals surface area contributed by atoms with Gasteiger partial charge in [0.25, 0.3) is 5.24 Å². The number of rotatable bonds is 1. The summed E-state index contributed by atoms with van der Waals surface area (Å²) in [7, 11) is 0. The highest BCUT2D eigenvalue weighted by Gasteiger charge is 2.09. The number of hydrogen-bond donors (Lipinski definition) is 1. The third-order valence-corrected chi connectivity index (χ3v) is 1.39. The molecule has 1 amide bonds. The van der Waals surface area contributed by atoms with Crippen LogP contribution in [0.25, 0.3) is 0 Å². The molecule has 1 heterocycles. The van der Waals surface area contributed by atoms with Crippen molar-refractivity contribution in [3.8, 4) is 0 Å². The molecule has 0 atom stereocenters. The number of aliphatic imine (C=N–C) groups is 1. The lowest BCUT2D eigenvalue weighted by Crippen LogP contribution is -2.31. The molecule has 1 aliphatic rings. The summed E-state index contributed by atoms with van der Waals surface area (Å²) in [6.45, 7) is 0. The Bertz CT molecular complexity index is 177. The van der Waals surface area contributed by atoms with E-state index in [4.69, 9.17) is 0 Å². The highest BCUT2D eigenvalue weighted by atomic mass is 32.2. The number of carbonyl (C=O) groups excluding carboxylic acids is 2. The van der Waals surface area contributed by atoms with Crippen molar-refractivity contribution in [3.63, 3.8) is 0 Å². The van der Waals surface area contributed by atoms with Crippen LogP contribution in [0.2, 0.25) is 0 Å².